The number of pyridine rings is 1. The monoisotopic (exact) mass is 646 g/mol. The summed E-state index contributed by atoms with van der Waals surface area (Å²) in [6.07, 6.45) is -0.168. The highest BCUT2D eigenvalue weighted by Gasteiger charge is 2.34. The molecule has 4 heterocycles. The van der Waals surface area contributed by atoms with Gasteiger partial charge in [-0.1, -0.05) is 60.7 Å². The van der Waals surface area contributed by atoms with Gasteiger partial charge in [-0.25, -0.2) is 4.79 Å². The number of benzene rings is 3. The fraction of sp³-hybridized carbons (Fsp3) is 0.297. The number of piperazine rings is 1. The number of fused-ring (bicyclic) bond motifs is 1. The molecule has 0 saturated carbocycles. The quantitative estimate of drug-likeness (QED) is 0.225. The van der Waals surface area contributed by atoms with Crippen LogP contribution in [0.4, 0.5) is 10.5 Å². The molecule has 2 aromatic heterocycles. The molecule has 1 unspecified atom stereocenters. The van der Waals surface area contributed by atoms with Crippen LogP contribution in [0.5, 0.6) is 11.8 Å². The molecule has 3 aromatic carbocycles. The number of aromatic nitrogens is 3. The van der Waals surface area contributed by atoms with Crippen molar-refractivity contribution < 1.29 is 24.2 Å². The Kier molecular flexibility index (Phi) is 8.82. The number of carbonyl (C=O) groups is 2. The van der Waals surface area contributed by atoms with Crippen LogP contribution in [0.25, 0.3) is 22.2 Å². The van der Waals surface area contributed by atoms with Gasteiger partial charge in [-0.15, -0.1) is 0 Å². The molecule has 2 aliphatic rings. The van der Waals surface area contributed by atoms with Crippen LogP contribution in [0.3, 0.4) is 0 Å². The minimum Gasteiger partial charge on any atom is -0.473 e. The number of ether oxygens (including phenoxy) is 2. The second-order valence-electron chi connectivity index (χ2n) is 12.3. The highest BCUT2D eigenvalue weighted by atomic mass is 16.5. The molecule has 2 amide bonds. The summed E-state index contributed by atoms with van der Waals surface area (Å²) in [7, 11) is 1.93. The lowest BCUT2D eigenvalue weighted by atomic mass is 10.1. The van der Waals surface area contributed by atoms with Crippen LogP contribution in [0.2, 0.25) is 0 Å². The molecule has 0 radical (unpaired) electrons. The number of anilines is 1. The third-order valence-corrected chi connectivity index (χ3v) is 9.14. The Bertz CT molecular complexity index is 1910. The molecule has 2 aliphatic heterocycles. The van der Waals surface area contributed by atoms with E-state index in [9.17, 15) is 14.7 Å². The van der Waals surface area contributed by atoms with Gasteiger partial charge >= 0.3 is 6.09 Å². The molecule has 48 heavy (non-hydrogen) atoms. The van der Waals surface area contributed by atoms with Gasteiger partial charge in [0.2, 0.25) is 17.7 Å². The summed E-state index contributed by atoms with van der Waals surface area (Å²) in [4.78, 5) is 34.8. The van der Waals surface area contributed by atoms with E-state index in [2.05, 4.69) is 23.1 Å². The van der Waals surface area contributed by atoms with Gasteiger partial charge in [0.05, 0.1) is 17.0 Å². The summed E-state index contributed by atoms with van der Waals surface area (Å²) in [5.41, 5.74) is 5.60. The summed E-state index contributed by atoms with van der Waals surface area (Å²) in [6, 6.07) is 30.0. The van der Waals surface area contributed by atoms with Crippen LogP contribution in [0.15, 0.2) is 91.0 Å². The Labute approximate surface area is 278 Å². The third kappa shape index (κ3) is 6.62. The van der Waals surface area contributed by atoms with Crippen LogP contribution in [0.1, 0.15) is 17.5 Å². The van der Waals surface area contributed by atoms with E-state index in [1.54, 1.807) is 0 Å². The van der Waals surface area contributed by atoms with E-state index < -0.39 is 6.09 Å². The zero-order valence-electron chi connectivity index (χ0n) is 26.9. The van der Waals surface area contributed by atoms with Crippen molar-refractivity contribution in [2.24, 2.45) is 13.0 Å². The minimum atomic E-state index is -0.931. The minimum absolute atomic E-state index is 0.109. The van der Waals surface area contributed by atoms with Crippen molar-refractivity contribution in [2.75, 3.05) is 44.2 Å². The third-order valence-electron chi connectivity index (χ3n) is 9.14. The topological polar surface area (TPSA) is 113 Å². The Hall–Kier alpha value is -5.58. The number of nitrogens with zero attached hydrogens (tertiary/aromatic N) is 6. The van der Waals surface area contributed by atoms with Crippen molar-refractivity contribution in [3.63, 3.8) is 0 Å². The smallest absolute Gasteiger partial charge is 0.407 e. The average Bonchev–Trinajstić information content (AvgIpc) is 3.75. The normalized spacial score (nSPS) is 16.4. The first kappa shape index (κ1) is 31.0. The summed E-state index contributed by atoms with van der Waals surface area (Å²) < 4.78 is 14.2. The fourth-order valence-corrected chi connectivity index (χ4v) is 6.47. The van der Waals surface area contributed by atoms with Gasteiger partial charge in [0, 0.05) is 63.5 Å². The molecule has 11 nitrogen and oxygen atoms in total. The molecule has 1 N–H and O–H groups in total. The van der Waals surface area contributed by atoms with Crippen LogP contribution >= 0.6 is 0 Å². The van der Waals surface area contributed by atoms with Crippen LogP contribution in [-0.2, 0) is 25.1 Å². The predicted octanol–water partition coefficient (Wildman–Crippen LogP) is 5.44. The Morgan fingerprint density at radius 2 is 1.48 bits per heavy atom. The van der Waals surface area contributed by atoms with Gasteiger partial charge < -0.3 is 29.3 Å². The van der Waals surface area contributed by atoms with Gasteiger partial charge in [-0.05, 0) is 41.8 Å². The van der Waals surface area contributed by atoms with E-state index in [1.165, 1.54) is 4.90 Å². The van der Waals surface area contributed by atoms with Gasteiger partial charge in [0.25, 0.3) is 0 Å². The highest BCUT2D eigenvalue weighted by molar-refractivity contribution is 5.96. The van der Waals surface area contributed by atoms with E-state index >= 15 is 0 Å². The number of carbonyl (C=O) groups excluding carboxylic acids is 1. The molecule has 7 rings (SSSR count). The first-order chi connectivity index (χ1) is 23.4. The average molecular weight is 647 g/mol. The van der Waals surface area contributed by atoms with Gasteiger partial charge in [0.1, 0.15) is 18.9 Å². The van der Waals surface area contributed by atoms with Crippen LogP contribution in [-0.4, -0.2) is 80.9 Å². The lowest BCUT2D eigenvalue weighted by Gasteiger charge is -2.34. The van der Waals surface area contributed by atoms with Crippen molar-refractivity contribution in [1.29, 1.82) is 0 Å². The lowest BCUT2D eigenvalue weighted by Crippen LogP contribution is -2.51. The number of carboxylic acid groups (broad SMARTS) is 1. The van der Waals surface area contributed by atoms with E-state index in [-0.39, 0.29) is 11.8 Å². The van der Waals surface area contributed by atoms with Crippen LogP contribution in [0, 0.1) is 5.92 Å². The van der Waals surface area contributed by atoms with E-state index in [1.807, 2.05) is 89.4 Å². The second kappa shape index (κ2) is 13.6. The maximum absolute atomic E-state index is 13.3. The SMILES string of the molecule is Cn1nc(-c2ccc(OCc3ccccc3)nc2OCc2ccccc2)c2ccc(N3CCC(C(=O)N4CCN(C(=O)O)CC4)C3)cc21. The summed E-state index contributed by atoms with van der Waals surface area (Å²) in [6.45, 7) is 3.74. The summed E-state index contributed by atoms with van der Waals surface area (Å²) >= 11 is 0. The zero-order chi connectivity index (χ0) is 33.0. The van der Waals surface area contributed by atoms with E-state index in [0.717, 1.165) is 51.9 Å². The molecule has 0 aliphatic carbocycles. The van der Waals surface area contributed by atoms with Crippen molar-refractivity contribution in [3.8, 4) is 23.0 Å². The largest absolute Gasteiger partial charge is 0.473 e. The summed E-state index contributed by atoms with van der Waals surface area (Å²) in [5, 5.41) is 15.1. The molecule has 2 fully saturated rings. The Morgan fingerprint density at radius 3 is 2.17 bits per heavy atom. The molecule has 1 atom stereocenters. The van der Waals surface area contributed by atoms with Crippen LogP contribution < -0.4 is 14.4 Å². The maximum Gasteiger partial charge on any atom is 0.407 e. The fourth-order valence-electron chi connectivity index (χ4n) is 6.47. The Morgan fingerprint density at radius 1 is 0.812 bits per heavy atom. The van der Waals surface area contributed by atoms with E-state index in [4.69, 9.17) is 19.6 Å². The summed E-state index contributed by atoms with van der Waals surface area (Å²) in [5.74, 6) is 0.907. The van der Waals surface area contributed by atoms with Gasteiger partial charge in [-0.3, -0.25) is 9.48 Å². The molecule has 5 aromatic rings. The molecule has 0 spiro atoms. The molecular weight excluding hydrogens is 608 g/mol. The zero-order valence-corrected chi connectivity index (χ0v) is 26.9. The number of aryl methyl sites for hydroxylation is 1. The number of hydrogen-bond donors (Lipinski definition) is 1. The first-order valence-electron chi connectivity index (χ1n) is 16.3. The first-order valence-corrected chi connectivity index (χ1v) is 16.3. The standard InChI is InChI=1S/C37H38N6O5/c1-40-32-22-29(43-17-16-28(23-43)36(44)41-18-20-42(21-19-41)37(45)46)12-13-30(32)34(39-40)31-14-15-33(47-24-26-8-4-2-5-9-26)38-35(31)48-25-27-10-6-3-7-11-27/h2-15,22,28H,16-21,23-25H2,1H3,(H,45,46). The highest BCUT2D eigenvalue weighted by Crippen LogP contribution is 2.37. The molecule has 0 bridgehead atoms. The molecule has 246 valence electrons. The van der Waals surface area contributed by atoms with Crippen molar-refractivity contribution in [1.82, 2.24) is 24.6 Å². The second-order valence-corrected chi connectivity index (χ2v) is 12.3. The van der Waals surface area contributed by atoms with Crippen molar-refractivity contribution >= 4 is 28.6 Å². The predicted molar refractivity (Wildman–Crippen MR) is 182 cm³/mol. The molecule has 11 heteroatoms. The molecular formula is C37H38N6O5. The number of rotatable bonds is 9. The number of hydrogen-bond acceptors (Lipinski definition) is 7. The molecule has 2 saturated heterocycles. The Balaban J connectivity index is 1.11. The van der Waals surface area contributed by atoms with Crippen molar-refractivity contribution in [3.05, 3.63) is 102 Å². The van der Waals surface area contributed by atoms with Gasteiger partial charge in [0.15, 0.2) is 0 Å². The lowest BCUT2D eigenvalue weighted by molar-refractivity contribution is -0.136. The van der Waals surface area contributed by atoms with Gasteiger partial charge in [-0.2, -0.15) is 10.1 Å². The van der Waals surface area contributed by atoms with E-state index in [0.29, 0.717) is 57.7 Å². The number of amides is 2. The van der Waals surface area contributed by atoms with Crippen molar-refractivity contribution in [2.45, 2.75) is 19.6 Å². The maximum atomic E-state index is 13.3.